The number of aromatic hydroxyl groups is 1. The molecule has 0 aromatic heterocycles. The van der Waals surface area contributed by atoms with Gasteiger partial charge >= 0.3 is 0 Å². The highest BCUT2D eigenvalue weighted by molar-refractivity contribution is 5.78. The second-order valence-electron chi connectivity index (χ2n) is 4.92. The van der Waals surface area contributed by atoms with Gasteiger partial charge in [-0.1, -0.05) is 19.4 Å². The molecule has 1 amide bonds. The van der Waals surface area contributed by atoms with Crippen LogP contribution in [0.1, 0.15) is 25.3 Å². The van der Waals surface area contributed by atoms with Crippen molar-refractivity contribution < 1.29 is 14.6 Å². The van der Waals surface area contributed by atoms with Crippen molar-refractivity contribution in [1.29, 1.82) is 0 Å². The Balaban J connectivity index is 2.74. The minimum absolute atomic E-state index is 0.0568. The molecule has 0 spiro atoms. The summed E-state index contributed by atoms with van der Waals surface area (Å²) in [4.78, 5) is 13.9. The summed E-state index contributed by atoms with van der Waals surface area (Å²) in [6.45, 7) is 2.88. The summed E-state index contributed by atoms with van der Waals surface area (Å²) in [6, 6.07) is 5.08. The van der Waals surface area contributed by atoms with Crippen LogP contribution in [-0.2, 0) is 11.3 Å². The average Bonchev–Trinajstić information content (AvgIpc) is 2.45. The molecule has 0 bridgehead atoms. The van der Waals surface area contributed by atoms with Gasteiger partial charge in [0.1, 0.15) is 0 Å². The first kappa shape index (κ1) is 16.3. The maximum atomic E-state index is 12.3. The minimum atomic E-state index is -0.121. The van der Waals surface area contributed by atoms with Gasteiger partial charge < -0.3 is 20.5 Å². The standard InChI is InChI=1S/C15H24N2O3/c1-4-5-12(9-16)15(19)17(2)10-11-6-7-13(18)14(8-11)20-3/h6-8,12,18H,4-5,9-10,16H2,1-3H3. The molecule has 3 N–H and O–H groups in total. The molecule has 0 aliphatic carbocycles. The summed E-state index contributed by atoms with van der Waals surface area (Å²) in [5, 5.41) is 9.55. The molecular weight excluding hydrogens is 256 g/mol. The van der Waals surface area contributed by atoms with Crippen molar-refractivity contribution >= 4 is 5.91 Å². The molecule has 1 unspecified atom stereocenters. The van der Waals surface area contributed by atoms with E-state index in [1.807, 2.05) is 6.92 Å². The highest BCUT2D eigenvalue weighted by atomic mass is 16.5. The number of carbonyl (C=O) groups excluding carboxylic acids is 1. The zero-order chi connectivity index (χ0) is 15.1. The van der Waals surface area contributed by atoms with E-state index in [1.54, 1.807) is 30.1 Å². The fourth-order valence-electron chi connectivity index (χ4n) is 2.17. The lowest BCUT2D eigenvalue weighted by Crippen LogP contribution is -2.36. The average molecular weight is 280 g/mol. The number of nitrogens with zero attached hydrogens (tertiary/aromatic N) is 1. The number of phenolic OH excluding ortho intramolecular Hbond substituents is 1. The van der Waals surface area contributed by atoms with Gasteiger partial charge in [-0.2, -0.15) is 0 Å². The van der Waals surface area contributed by atoms with Crippen LogP contribution in [0.3, 0.4) is 0 Å². The molecule has 0 saturated heterocycles. The van der Waals surface area contributed by atoms with Crippen molar-refractivity contribution in [2.24, 2.45) is 11.7 Å². The van der Waals surface area contributed by atoms with E-state index in [0.29, 0.717) is 18.8 Å². The van der Waals surface area contributed by atoms with E-state index in [9.17, 15) is 9.90 Å². The Kier molecular flexibility index (Phi) is 6.31. The molecule has 5 nitrogen and oxygen atoms in total. The van der Waals surface area contributed by atoms with E-state index in [0.717, 1.165) is 18.4 Å². The number of carbonyl (C=O) groups is 1. The lowest BCUT2D eigenvalue weighted by Gasteiger charge is -2.23. The third-order valence-electron chi connectivity index (χ3n) is 3.31. The summed E-state index contributed by atoms with van der Waals surface area (Å²) in [6.07, 6.45) is 1.74. The number of hydrogen-bond acceptors (Lipinski definition) is 4. The molecule has 0 saturated carbocycles. The van der Waals surface area contributed by atoms with Gasteiger partial charge in [0.05, 0.1) is 13.0 Å². The van der Waals surface area contributed by atoms with Crippen LogP contribution in [0.2, 0.25) is 0 Å². The Morgan fingerprint density at radius 2 is 2.20 bits per heavy atom. The molecule has 1 aromatic carbocycles. The lowest BCUT2D eigenvalue weighted by atomic mass is 10.0. The van der Waals surface area contributed by atoms with Crippen molar-refractivity contribution in [1.82, 2.24) is 4.90 Å². The first-order valence-corrected chi connectivity index (χ1v) is 6.84. The Bertz CT molecular complexity index is 449. The maximum Gasteiger partial charge on any atom is 0.226 e. The molecule has 1 rings (SSSR count). The van der Waals surface area contributed by atoms with Crippen molar-refractivity contribution in [2.45, 2.75) is 26.3 Å². The predicted octanol–water partition coefficient (Wildman–Crippen LogP) is 1.73. The zero-order valence-electron chi connectivity index (χ0n) is 12.4. The molecule has 1 aromatic rings. The molecule has 0 aliphatic rings. The number of ether oxygens (including phenoxy) is 1. The van der Waals surface area contributed by atoms with Crippen LogP contribution < -0.4 is 10.5 Å². The van der Waals surface area contributed by atoms with Crippen LogP contribution in [-0.4, -0.2) is 36.6 Å². The second kappa shape index (κ2) is 7.75. The van der Waals surface area contributed by atoms with Gasteiger partial charge in [0.25, 0.3) is 0 Å². The molecule has 20 heavy (non-hydrogen) atoms. The Hall–Kier alpha value is -1.75. The van der Waals surface area contributed by atoms with Gasteiger partial charge in [0.15, 0.2) is 11.5 Å². The van der Waals surface area contributed by atoms with Crippen molar-refractivity contribution in [3.8, 4) is 11.5 Å². The quantitative estimate of drug-likeness (QED) is 0.797. The van der Waals surface area contributed by atoms with Crippen LogP contribution in [0.25, 0.3) is 0 Å². The molecule has 0 heterocycles. The second-order valence-corrected chi connectivity index (χ2v) is 4.92. The SMILES string of the molecule is CCCC(CN)C(=O)N(C)Cc1ccc(O)c(OC)c1. The van der Waals surface area contributed by atoms with Gasteiger partial charge in [-0.3, -0.25) is 4.79 Å². The first-order chi connectivity index (χ1) is 9.53. The molecule has 112 valence electrons. The van der Waals surface area contributed by atoms with E-state index in [4.69, 9.17) is 10.5 Å². The van der Waals surface area contributed by atoms with Gasteiger partial charge in [0, 0.05) is 20.1 Å². The van der Waals surface area contributed by atoms with E-state index in [-0.39, 0.29) is 17.6 Å². The van der Waals surface area contributed by atoms with E-state index < -0.39 is 0 Å². The molecule has 1 atom stereocenters. The van der Waals surface area contributed by atoms with Crippen LogP contribution in [0, 0.1) is 5.92 Å². The third-order valence-corrected chi connectivity index (χ3v) is 3.31. The van der Waals surface area contributed by atoms with Gasteiger partial charge in [-0.25, -0.2) is 0 Å². The summed E-state index contributed by atoms with van der Waals surface area (Å²) in [5.74, 6) is 0.439. The van der Waals surface area contributed by atoms with E-state index >= 15 is 0 Å². The number of hydrogen-bond donors (Lipinski definition) is 2. The van der Waals surface area contributed by atoms with Crippen LogP contribution >= 0.6 is 0 Å². The maximum absolute atomic E-state index is 12.3. The van der Waals surface area contributed by atoms with Crippen LogP contribution in [0.15, 0.2) is 18.2 Å². The Morgan fingerprint density at radius 1 is 1.50 bits per heavy atom. The minimum Gasteiger partial charge on any atom is -0.504 e. The van der Waals surface area contributed by atoms with Gasteiger partial charge in [-0.05, 0) is 24.1 Å². The van der Waals surface area contributed by atoms with Crippen molar-refractivity contribution in [2.75, 3.05) is 20.7 Å². The molecule has 0 fully saturated rings. The summed E-state index contributed by atoms with van der Waals surface area (Å²) < 4.78 is 5.06. The van der Waals surface area contributed by atoms with Crippen LogP contribution in [0.4, 0.5) is 0 Å². The summed E-state index contributed by atoms with van der Waals surface area (Å²) in [5.41, 5.74) is 6.56. The Labute approximate surface area is 120 Å². The van der Waals surface area contributed by atoms with Crippen molar-refractivity contribution in [3.05, 3.63) is 23.8 Å². The zero-order valence-corrected chi connectivity index (χ0v) is 12.4. The summed E-state index contributed by atoms with van der Waals surface area (Å²) >= 11 is 0. The van der Waals surface area contributed by atoms with Gasteiger partial charge in [-0.15, -0.1) is 0 Å². The van der Waals surface area contributed by atoms with Crippen molar-refractivity contribution in [3.63, 3.8) is 0 Å². The topological polar surface area (TPSA) is 75.8 Å². The summed E-state index contributed by atoms with van der Waals surface area (Å²) in [7, 11) is 3.26. The van der Waals surface area contributed by atoms with E-state index in [2.05, 4.69) is 0 Å². The van der Waals surface area contributed by atoms with Gasteiger partial charge in [0.2, 0.25) is 5.91 Å². The predicted molar refractivity (Wildman–Crippen MR) is 78.6 cm³/mol. The molecular formula is C15H24N2O3. The fraction of sp³-hybridized carbons (Fsp3) is 0.533. The highest BCUT2D eigenvalue weighted by Gasteiger charge is 2.20. The monoisotopic (exact) mass is 280 g/mol. The smallest absolute Gasteiger partial charge is 0.226 e. The highest BCUT2D eigenvalue weighted by Crippen LogP contribution is 2.26. The number of benzene rings is 1. The number of rotatable bonds is 7. The van der Waals surface area contributed by atoms with E-state index in [1.165, 1.54) is 7.11 Å². The van der Waals surface area contributed by atoms with Crippen LogP contribution in [0.5, 0.6) is 11.5 Å². The number of nitrogens with two attached hydrogens (primary N) is 1. The molecule has 0 radical (unpaired) electrons. The molecule has 5 heteroatoms. The number of amides is 1. The number of phenols is 1. The largest absolute Gasteiger partial charge is 0.504 e. The molecule has 0 aliphatic heterocycles. The first-order valence-electron chi connectivity index (χ1n) is 6.84. The number of methoxy groups -OCH3 is 1. The normalized spacial score (nSPS) is 12.0. The third kappa shape index (κ3) is 4.13. The Morgan fingerprint density at radius 3 is 2.75 bits per heavy atom. The lowest BCUT2D eigenvalue weighted by molar-refractivity contribution is -0.134. The fourth-order valence-corrected chi connectivity index (χ4v) is 2.17.